The van der Waals surface area contributed by atoms with Crippen LogP contribution in [0.1, 0.15) is 47.5 Å². The van der Waals surface area contributed by atoms with Gasteiger partial charge in [0.1, 0.15) is 5.60 Å². The van der Waals surface area contributed by atoms with Crippen LogP contribution in [0.3, 0.4) is 0 Å². The molecule has 0 saturated carbocycles. The van der Waals surface area contributed by atoms with E-state index in [-0.39, 0.29) is 5.97 Å². The standard InChI is InChI=1S/C14H24O3/c1-10(6-8-12-11(2)16-12)7-9-13(15)17-14(3,4)5/h7,9-12H,6,8H2,1-5H3/b9-7+. The third-order valence-electron chi connectivity index (χ3n) is 2.71. The minimum Gasteiger partial charge on any atom is -0.457 e. The largest absolute Gasteiger partial charge is 0.457 e. The van der Waals surface area contributed by atoms with E-state index in [4.69, 9.17) is 9.47 Å². The summed E-state index contributed by atoms with van der Waals surface area (Å²) in [5.41, 5.74) is -0.415. The summed E-state index contributed by atoms with van der Waals surface area (Å²) in [7, 11) is 0. The molecular weight excluding hydrogens is 216 g/mol. The number of hydrogen-bond donors (Lipinski definition) is 0. The minimum absolute atomic E-state index is 0.264. The highest BCUT2D eigenvalue weighted by atomic mass is 16.6. The van der Waals surface area contributed by atoms with Crippen molar-refractivity contribution in [2.24, 2.45) is 5.92 Å². The van der Waals surface area contributed by atoms with Gasteiger partial charge in [0.25, 0.3) is 0 Å². The molecule has 1 saturated heterocycles. The summed E-state index contributed by atoms with van der Waals surface area (Å²) in [4.78, 5) is 11.4. The number of carbonyl (C=O) groups is 1. The Morgan fingerprint density at radius 3 is 2.53 bits per heavy atom. The van der Waals surface area contributed by atoms with E-state index in [9.17, 15) is 4.79 Å². The molecule has 3 atom stereocenters. The monoisotopic (exact) mass is 240 g/mol. The average molecular weight is 240 g/mol. The zero-order chi connectivity index (χ0) is 13.1. The maximum atomic E-state index is 11.4. The van der Waals surface area contributed by atoms with Crippen LogP contribution in [0, 0.1) is 5.92 Å². The van der Waals surface area contributed by atoms with Crippen LogP contribution >= 0.6 is 0 Å². The zero-order valence-electron chi connectivity index (χ0n) is 11.5. The minimum atomic E-state index is -0.415. The van der Waals surface area contributed by atoms with Gasteiger partial charge in [-0.05, 0) is 46.5 Å². The second-order valence-corrected chi connectivity index (χ2v) is 5.83. The topological polar surface area (TPSA) is 38.8 Å². The summed E-state index contributed by atoms with van der Waals surface area (Å²) in [6.07, 6.45) is 6.44. The third-order valence-corrected chi connectivity index (χ3v) is 2.71. The average Bonchev–Trinajstić information content (AvgIpc) is 2.86. The number of epoxide rings is 1. The fraction of sp³-hybridized carbons (Fsp3) is 0.786. The molecule has 0 aromatic heterocycles. The van der Waals surface area contributed by atoms with Crippen molar-refractivity contribution >= 4 is 5.97 Å². The van der Waals surface area contributed by atoms with Gasteiger partial charge in [-0.25, -0.2) is 4.79 Å². The highest BCUT2D eigenvalue weighted by Gasteiger charge is 2.33. The van der Waals surface area contributed by atoms with E-state index in [0.29, 0.717) is 18.1 Å². The summed E-state index contributed by atoms with van der Waals surface area (Å²) >= 11 is 0. The quantitative estimate of drug-likeness (QED) is 0.421. The van der Waals surface area contributed by atoms with Crippen LogP contribution in [-0.4, -0.2) is 23.8 Å². The number of ether oxygens (including phenoxy) is 2. The number of allylic oxidation sites excluding steroid dienone is 1. The molecule has 1 heterocycles. The van der Waals surface area contributed by atoms with Gasteiger partial charge in [-0.2, -0.15) is 0 Å². The van der Waals surface area contributed by atoms with Crippen molar-refractivity contribution in [3.8, 4) is 0 Å². The Morgan fingerprint density at radius 2 is 2.06 bits per heavy atom. The highest BCUT2D eigenvalue weighted by molar-refractivity contribution is 5.82. The Hall–Kier alpha value is -0.830. The van der Waals surface area contributed by atoms with Gasteiger partial charge in [0, 0.05) is 6.08 Å². The van der Waals surface area contributed by atoms with Gasteiger partial charge in [0.2, 0.25) is 0 Å². The Kier molecular flexibility index (Phi) is 4.75. The van der Waals surface area contributed by atoms with Crippen LogP contribution in [0.15, 0.2) is 12.2 Å². The summed E-state index contributed by atoms with van der Waals surface area (Å²) in [6, 6.07) is 0. The van der Waals surface area contributed by atoms with E-state index in [1.807, 2.05) is 26.8 Å². The molecule has 3 heteroatoms. The number of rotatable bonds is 5. The second-order valence-electron chi connectivity index (χ2n) is 5.83. The first-order valence-electron chi connectivity index (χ1n) is 6.34. The van der Waals surface area contributed by atoms with E-state index in [2.05, 4.69) is 13.8 Å². The van der Waals surface area contributed by atoms with Crippen molar-refractivity contribution in [1.29, 1.82) is 0 Å². The normalized spacial score (nSPS) is 25.9. The van der Waals surface area contributed by atoms with Gasteiger partial charge in [0.15, 0.2) is 0 Å². The predicted molar refractivity (Wildman–Crippen MR) is 67.7 cm³/mol. The molecule has 98 valence electrons. The first-order chi connectivity index (χ1) is 7.78. The van der Waals surface area contributed by atoms with E-state index >= 15 is 0 Å². The zero-order valence-corrected chi connectivity index (χ0v) is 11.5. The van der Waals surface area contributed by atoms with Gasteiger partial charge in [0.05, 0.1) is 12.2 Å². The SMILES string of the molecule is CC(/C=C/C(=O)OC(C)(C)C)CCC1OC1C. The summed E-state index contributed by atoms with van der Waals surface area (Å²) in [5, 5.41) is 0. The Balaban J connectivity index is 2.20. The van der Waals surface area contributed by atoms with Crippen molar-refractivity contribution in [1.82, 2.24) is 0 Å². The smallest absolute Gasteiger partial charge is 0.330 e. The van der Waals surface area contributed by atoms with Crippen molar-refractivity contribution in [3.05, 3.63) is 12.2 Å². The number of hydrogen-bond acceptors (Lipinski definition) is 3. The highest BCUT2D eigenvalue weighted by Crippen LogP contribution is 2.27. The third kappa shape index (κ3) is 6.47. The molecule has 1 aliphatic rings. The summed E-state index contributed by atoms with van der Waals surface area (Å²) < 4.78 is 10.5. The van der Waals surface area contributed by atoms with Gasteiger partial charge >= 0.3 is 5.97 Å². The molecule has 3 unspecified atom stereocenters. The van der Waals surface area contributed by atoms with Crippen LogP contribution in [0.2, 0.25) is 0 Å². The molecule has 1 fully saturated rings. The molecule has 17 heavy (non-hydrogen) atoms. The lowest BCUT2D eigenvalue weighted by atomic mass is 10.0. The van der Waals surface area contributed by atoms with E-state index in [1.54, 1.807) is 0 Å². The van der Waals surface area contributed by atoms with Crippen molar-refractivity contribution in [2.75, 3.05) is 0 Å². The molecule has 0 spiro atoms. The lowest BCUT2D eigenvalue weighted by molar-refractivity contribution is -0.148. The Morgan fingerprint density at radius 1 is 1.47 bits per heavy atom. The van der Waals surface area contributed by atoms with Crippen molar-refractivity contribution in [3.63, 3.8) is 0 Å². The lowest BCUT2D eigenvalue weighted by Crippen LogP contribution is -2.22. The van der Waals surface area contributed by atoms with E-state index < -0.39 is 5.60 Å². The fourth-order valence-electron chi connectivity index (χ4n) is 1.64. The Labute approximate surface area is 104 Å². The maximum Gasteiger partial charge on any atom is 0.330 e. The molecule has 0 aromatic carbocycles. The van der Waals surface area contributed by atoms with Crippen molar-refractivity contribution in [2.45, 2.75) is 65.3 Å². The van der Waals surface area contributed by atoms with Gasteiger partial charge in [-0.1, -0.05) is 13.0 Å². The van der Waals surface area contributed by atoms with Gasteiger partial charge in [-0.3, -0.25) is 0 Å². The molecule has 0 radical (unpaired) electrons. The van der Waals surface area contributed by atoms with Crippen LogP contribution in [0.25, 0.3) is 0 Å². The van der Waals surface area contributed by atoms with Gasteiger partial charge in [-0.15, -0.1) is 0 Å². The number of carbonyl (C=O) groups excluding carboxylic acids is 1. The maximum absolute atomic E-state index is 11.4. The molecule has 0 aromatic rings. The molecule has 0 amide bonds. The molecule has 1 rings (SSSR count). The van der Waals surface area contributed by atoms with Gasteiger partial charge < -0.3 is 9.47 Å². The van der Waals surface area contributed by atoms with Crippen LogP contribution in [0.4, 0.5) is 0 Å². The number of esters is 1. The Bertz CT molecular complexity index is 288. The van der Waals surface area contributed by atoms with Crippen LogP contribution in [-0.2, 0) is 14.3 Å². The summed E-state index contributed by atoms with van der Waals surface area (Å²) in [5.74, 6) is 0.124. The lowest BCUT2D eigenvalue weighted by Gasteiger charge is -2.18. The van der Waals surface area contributed by atoms with Crippen molar-refractivity contribution < 1.29 is 14.3 Å². The van der Waals surface area contributed by atoms with E-state index in [0.717, 1.165) is 12.8 Å². The predicted octanol–water partition coefficient (Wildman–Crippen LogP) is 3.09. The molecule has 0 aliphatic carbocycles. The molecule has 0 N–H and O–H groups in total. The molecular formula is C14H24O3. The van der Waals surface area contributed by atoms with E-state index in [1.165, 1.54) is 6.08 Å². The summed E-state index contributed by atoms with van der Waals surface area (Å²) in [6.45, 7) is 9.80. The first-order valence-corrected chi connectivity index (χ1v) is 6.34. The molecule has 3 nitrogen and oxygen atoms in total. The molecule has 0 bridgehead atoms. The van der Waals surface area contributed by atoms with Crippen LogP contribution in [0.5, 0.6) is 0 Å². The first kappa shape index (κ1) is 14.2. The fourth-order valence-corrected chi connectivity index (χ4v) is 1.64. The molecule has 1 aliphatic heterocycles. The second kappa shape index (κ2) is 5.67. The van der Waals surface area contributed by atoms with Crippen LogP contribution < -0.4 is 0 Å².